The largest absolute Gasteiger partial charge is 0.348 e. The number of hydrogen-bond acceptors (Lipinski definition) is 2. The van der Waals surface area contributed by atoms with Crippen LogP contribution in [0.5, 0.6) is 0 Å². The van der Waals surface area contributed by atoms with Crippen molar-refractivity contribution >= 4 is 5.91 Å². The minimum atomic E-state index is -0.0775. The Hall–Kier alpha value is -2.10. The Morgan fingerprint density at radius 3 is 2.41 bits per heavy atom. The topological polar surface area (TPSA) is 46.9 Å². The van der Waals surface area contributed by atoms with Crippen LogP contribution in [0.2, 0.25) is 0 Å². The lowest BCUT2D eigenvalue weighted by Crippen LogP contribution is -2.37. The lowest BCUT2D eigenvalue weighted by Gasteiger charge is -2.17. The Kier molecular flexibility index (Phi) is 4.69. The fourth-order valence-corrected chi connectivity index (χ4v) is 2.17. The van der Waals surface area contributed by atoms with Crippen molar-refractivity contribution in [1.82, 2.24) is 15.1 Å². The number of rotatable bonds is 4. The first kappa shape index (κ1) is 16.3. The molecule has 118 valence electrons. The van der Waals surface area contributed by atoms with Crippen LogP contribution in [0.4, 0.5) is 0 Å². The summed E-state index contributed by atoms with van der Waals surface area (Å²) in [5.74, 6) is 0.322. The summed E-state index contributed by atoms with van der Waals surface area (Å²) >= 11 is 0. The normalized spacial score (nSPS) is 12.5. The molecule has 1 atom stereocenters. The first-order valence-electron chi connectivity index (χ1n) is 7.72. The Morgan fingerprint density at radius 1 is 1.14 bits per heavy atom. The maximum atomic E-state index is 12.4. The van der Waals surface area contributed by atoms with Gasteiger partial charge in [-0.2, -0.15) is 5.10 Å². The molecular formula is C18H25N3O. The van der Waals surface area contributed by atoms with Crippen molar-refractivity contribution in [2.24, 2.45) is 13.0 Å². The van der Waals surface area contributed by atoms with E-state index in [-0.39, 0.29) is 11.9 Å². The van der Waals surface area contributed by atoms with Gasteiger partial charge in [0.25, 0.3) is 5.91 Å². The van der Waals surface area contributed by atoms with Gasteiger partial charge in [-0.15, -0.1) is 0 Å². The predicted molar refractivity (Wildman–Crippen MR) is 89.9 cm³/mol. The number of benzene rings is 1. The van der Waals surface area contributed by atoms with E-state index < -0.39 is 0 Å². The van der Waals surface area contributed by atoms with Gasteiger partial charge in [0.2, 0.25) is 0 Å². The highest BCUT2D eigenvalue weighted by Crippen LogP contribution is 2.22. The van der Waals surface area contributed by atoms with Crippen LogP contribution in [-0.4, -0.2) is 21.7 Å². The summed E-state index contributed by atoms with van der Waals surface area (Å²) in [6.07, 6.45) is 0. The van der Waals surface area contributed by atoms with E-state index >= 15 is 0 Å². The fraction of sp³-hybridized carbons (Fsp3) is 0.444. The molecule has 0 bridgehead atoms. The minimum Gasteiger partial charge on any atom is -0.348 e. The third-order valence-electron chi connectivity index (χ3n) is 4.27. The number of hydrogen-bond donors (Lipinski definition) is 1. The van der Waals surface area contributed by atoms with Crippen LogP contribution in [-0.2, 0) is 7.05 Å². The summed E-state index contributed by atoms with van der Waals surface area (Å²) in [5.41, 5.74) is 4.93. The number of nitrogens with zero attached hydrogens (tertiary/aromatic N) is 2. The van der Waals surface area contributed by atoms with Crippen molar-refractivity contribution in [3.05, 3.63) is 41.1 Å². The van der Waals surface area contributed by atoms with Gasteiger partial charge in [0, 0.05) is 18.7 Å². The molecule has 0 spiro atoms. The number of amides is 1. The molecule has 1 heterocycles. The molecule has 0 radical (unpaired) electrons. The van der Waals surface area contributed by atoms with E-state index in [1.165, 1.54) is 11.1 Å². The van der Waals surface area contributed by atoms with Crippen molar-refractivity contribution in [3.63, 3.8) is 0 Å². The zero-order valence-electron chi connectivity index (χ0n) is 14.3. The molecule has 1 unspecified atom stereocenters. The SMILES string of the molecule is Cc1ccc(-c2cc(C(=O)NC(C)C(C)C)n(C)n2)cc1C. The minimum absolute atomic E-state index is 0.0775. The van der Waals surface area contributed by atoms with E-state index in [2.05, 4.69) is 50.2 Å². The summed E-state index contributed by atoms with van der Waals surface area (Å²) in [4.78, 5) is 12.4. The van der Waals surface area contributed by atoms with Crippen LogP contribution in [0.3, 0.4) is 0 Å². The molecule has 2 rings (SSSR count). The van der Waals surface area contributed by atoms with Gasteiger partial charge < -0.3 is 5.32 Å². The summed E-state index contributed by atoms with van der Waals surface area (Å²) < 4.78 is 1.65. The molecule has 1 aromatic carbocycles. The molecule has 4 nitrogen and oxygen atoms in total. The van der Waals surface area contributed by atoms with Crippen molar-refractivity contribution in [1.29, 1.82) is 0 Å². The molecule has 22 heavy (non-hydrogen) atoms. The molecule has 4 heteroatoms. The average Bonchev–Trinajstić information content (AvgIpc) is 2.83. The van der Waals surface area contributed by atoms with Gasteiger partial charge in [0.15, 0.2) is 0 Å². The summed E-state index contributed by atoms with van der Waals surface area (Å²) in [7, 11) is 1.81. The van der Waals surface area contributed by atoms with Gasteiger partial charge >= 0.3 is 0 Å². The van der Waals surface area contributed by atoms with E-state index in [1.54, 1.807) is 11.7 Å². The highest BCUT2D eigenvalue weighted by atomic mass is 16.2. The maximum Gasteiger partial charge on any atom is 0.269 e. The van der Waals surface area contributed by atoms with Crippen molar-refractivity contribution in [3.8, 4) is 11.3 Å². The molecule has 0 saturated carbocycles. The molecule has 0 aliphatic carbocycles. The molecule has 0 saturated heterocycles. The maximum absolute atomic E-state index is 12.4. The van der Waals surface area contributed by atoms with E-state index in [0.717, 1.165) is 11.3 Å². The lowest BCUT2D eigenvalue weighted by atomic mass is 10.0. The van der Waals surface area contributed by atoms with Crippen molar-refractivity contribution in [2.45, 2.75) is 40.7 Å². The van der Waals surface area contributed by atoms with E-state index in [0.29, 0.717) is 11.6 Å². The van der Waals surface area contributed by atoms with Crippen LogP contribution in [0.15, 0.2) is 24.3 Å². The highest BCUT2D eigenvalue weighted by Gasteiger charge is 2.17. The van der Waals surface area contributed by atoms with Crippen LogP contribution in [0.1, 0.15) is 42.4 Å². The third kappa shape index (κ3) is 3.38. The van der Waals surface area contributed by atoms with E-state index in [9.17, 15) is 4.79 Å². The Balaban J connectivity index is 2.27. The van der Waals surface area contributed by atoms with Crippen molar-refractivity contribution < 1.29 is 4.79 Å². The van der Waals surface area contributed by atoms with E-state index in [1.807, 2.05) is 19.1 Å². The number of aryl methyl sites for hydroxylation is 3. The fourth-order valence-electron chi connectivity index (χ4n) is 2.17. The molecule has 0 aliphatic heterocycles. The first-order chi connectivity index (χ1) is 10.3. The highest BCUT2D eigenvalue weighted by molar-refractivity contribution is 5.93. The Bertz CT molecular complexity index is 686. The molecule has 0 fully saturated rings. The monoisotopic (exact) mass is 299 g/mol. The van der Waals surface area contributed by atoms with Gasteiger partial charge in [-0.05, 0) is 49.9 Å². The smallest absolute Gasteiger partial charge is 0.269 e. The summed E-state index contributed by atoms with van der Waals surface area (Å²) in [6.45, 7) is 10.4. The third-order valence-corrected chi connectivity index (χ3v) is 4.27. The number of aromatic nitrogens is 2. The van der Waals surface area contributed by atoms with Crippen LogP contribution in [0, 0.1) is 19.8 Å². The molecule has 1 aromatic heterocycles. The van der Waals surface area contributed by atoms with Gasteiger partial charge in [0.05, 0.1) is 5.69 Å². The van der Waals surface area contributed by atoms with Gasteiger partial charge in [-0.1, -0.05) is 26.0 Å². The number of nitrogens with one attached hydrogen (secondary N) is 1. The molecule has 1 N–H and O–H groups in total. The second-order valence-corrected chi connectivity index (χ2v) is 6.34. The van der Waals surface area contributed by atoms with Crippen LogP contribution < -0.4 is 5.32 Å². The first-order valence-corrected chi connectivity index (χ1v) is 7.72. The Labute approximate surface area is 132 Å². The molecule has 0 aliphatic rings. The zero-order chi connectivity index (χ0) is 16.4. The van der Waals surface area contributed by atoms with Crippen molar-refractivity contribution in [2.75, 3.05) is 0 Å². The van der Waals surface area contributed by atoms with Crippen LogP contribution >= 0.6 is 0 Å². The predicted octanol–water partition coefficient (Wildman–Crippen LogP) is 3.48. The second-order valence-electron chi connectivity index (χ2n) is 6.34. The number of carbonyl (C=O) groups excluding carboxylic acids is 1. The standard InChI is InChI=1S/C18H25N3O/c1-11(2)14(5)19-18(22)17-10-16(20-21(17)6)15-8-7-12(3)13(4)9-15/h7-11,14H,1-6H3,(H,19,22). The van der Waals surface area contributed by atoms with Gasteiger partial charge in [-0.25, -0.2) is 0 Å². The molecule has 1 amide bonds. The number of carbonyl (C=O) groups is 1. The van der Waals surface area contributed by atoms with Crippen LogP contribution in [0.25, 0.3) is 11.3 Å². The van der Waals surface area contributed by atoms with Gasteiger partial charge in [-0.3, -0.25) is 9.48 Å². The Morgan fingerprint density at radius 2 is 1.82 bits per heavy atom. The average molecular weight is 299 g/mol. The lowest BCUT2D eigenvalue weighted by molar-refractivity contribution is 0.0921. The summed E-state index contributed by atoms with van der Waals surface area (Å²) in [6, 6.07) is 8.22. The quantitative estimate of drug-likeness (QED) is 0.939. The molecule has 2 aromatic rings. The zero-order valence-corrected chi connectivity index (χ0v) is 14.3. The second kappa shape index (κ2) is 6.34. The molecular weight excluding hydrogens is 274 g/mol. The summed E-state index contributed by atoms with van der Waals surface area (Å²) in [5, 5.41) is 7.50. The van der Waals surface area contributed by atoms with E-state index in [4.69, 9.17) is 0 Å². The van der Waals surface area contributed by atoms with Gasteiger partial charge in [0.1, 0.15) is 5.69 Å².